The van der Waals surface area contributed by atoms with Crippen LogP contribution in [-0.2, 0) is 4.74 Å². The van der Waals surface area contributed by atoms with Crippen LogP contribution in [0.2, 0.25) is 0 Å². The van der Waals surface area contributed by atoms with Gasteiger partial charge in [0, 0.05) is 11.8 Å². The number of carbonyl (C=O) groups excluding carboxylic acids is 1. The average molecular weight is 301 g/mol. The van der Waals surface area contributed by atoms with Gasteiger partial charge in [-0.2, -0.15) is 0 Å². The lowest BCUT2D eigenvalue weighted by molar-refractivity contribution is 0.0599. The van der Waals surface area contributed by atoms with E-state index in [1.807, 2.05) is 32.0 Å². The molecule has 0 saturated carbocycles. The van der Waals surface area contributed by atoms with Gasteiger partial charge in [-0.3, -0.25) is 0 Å². The van der Waals surface area contributed by atoms with Crippen molar-refractivity contribution in [2.24, 2.45) is 0 Å². The second-order valence-corrected chi connectivity index (χ2v) is 4.91. The summed E-state index contributed by atoms with van der Waals surface area (Å²) in [5, 5.41) is 0. The van der Waals surface area contributed by atoms with Crippen molar-refractivity contribution in [2.45, 2.75) is 13.8 Å². The second-order valence-electron chi connectivity index (χ2n) is 4.91. The number of benzene rings is 1. The molecule has 116 valence electrons. The zero-order valence-corrected chi connectivity index (χ0v) is 13.4. The maximum absolute atomic E-state index is 11.8. The highest BCUT2D eigenvalue weighted by Gasteiger charge is 2.15. The van der Waals surface area contributed by atoms with Crippen LogP contribution < -0.4 is 9.47 Å². The van der Waals surface area contributed by atoms with Crippen LogP contribution in [0, 0.1) is 13.8 Å². The summed E-state index contributed by atoms with van der Waals surface area (Å²) in [7, 11) is 4.50. The van der Waals surface area contributed by atoms with Crippen molar-refractivity contribution in [3.8, 4) is 22.8 Å². The van der Waals surface area contributed by atoms with Gasteiger partial charge in [0.1, 0.15) is 0 Å². The first-order chi connectivity index (χ1) is 10.5. The molecular formula is C17H19NO4. The second kappa shape index (κ2) is 6.47. The van der Waals surface area contributed by atoms with E-state index in [0.717, 1.165) is 22.3 Å². The molecule has 0 saturated heterocycles. The van der Waals surface area contributed by atoms with E-state index in [-0.39, 0.29) is 5.97 Å². The normalized spacial score (nSPS) is 10.2. The quantitative estimate of drug-likeness (QED) is 0.812. The van der Waals surface area contributed by atoms with E-state index in [0.29, 0.717) is 17.2 Å². The highest BCUT2D eigenvalue weighted by molar-refractivity contribution is 5.93. The van der Waals surface area contributed by atoms with Gasteiger partial charge in [-0.25, -0.2) is 9.78 Å². The monoisotopic (exact) mass is 301 g/mol. The number of esters is 1. The molecule has 0 aliphatic rings. The van der Waals surface area contributed by atoms with E-state index >= 15 is 0 Å². The van der Waals surface area contributed by atoms with Crippen molar-refractivity contribution in [3.05, 3.63) is 41.1 Å². The van der Waals surface area contributed by atoms with Gasteiger partial charge in [-0.05, 0) is 36.6 Å². The Morgan fingerprint density at radius 3 is 2.09 bits per heavy atom. The number of aryl methyl sites for hydroxylation is 2. The van der Waals surface area contributed by atoms with Gasteiger partial charge >= 0.3 is 5.97 Å². The Kier molecular flexibility index (Phi) is 4.65. The van der Waals surface area contributed by atoms with Crippen molar-refractivity contribution in [1.29, 1.82) is 0 Å². The molecule has 2 rings (SSSR count). The smallest absolute Gasteiger partial charge is 0.338 e. The first kappa shape index (κ1) is 15.8. The molecule has 5 nitrogen and oxygen atoms in total. The molecule has 0 aliphatic heterocycles. The van der Waals surface area contributed by atoms with Crippen LogP contribution in [0.25, 0.3) is 11.1 Å². The van der Waals surface area contributed by atoms with Gasteiger partial charge in [0.15, 0.2) is 5.75 Å². The molecule has 0 unspecified atom stereocenters. The molecule has 22 heavy (non-hydrogen) atoms. The summed E-state index contributed by atoms with van der Waals surface area (Å²) >= 11 is 0. The highest BCUT2D eigenvalue weighted by atomic mass is 16.5. The zero-order valence-electron chi connectivity index (χ0n) is 13.4. The molecule has 1 aromatic heterocycles. The summed E-state index contributed by atoms with van der Waals surface area (Å²) < 4.78 is 15.2. The summed E-state index contributed by atoms with van der Waals surface area (Å²) in [6.45, 7) is 3.77. The van der Waals surface area contributed by atoms with E-state index in [4.69, 9.17) is 14.2 Å². The van der Waals surface area contributed by atoms with Crippen molar-refractivity contribution in [3.63, 3.8) is 0 Å². The van der Waals surface area contributed by atoms with Crippen LogP contribution in [0.1, 0.15) is 21.5 Å². The van der Waals surface area contributed by atoms with Gasteiger partial charge in [-0.1, -0.05) is 12.1 Å². The Labute approximate surface area is 129 Å². The molecule has 1 heterocycles. The molecule has 0 N–H and O–H groups in total. The van der Waals surface area contributed by atoms with Crippen LogP contribution >= 0.6 is 0 Å². The Morgan fingerprint density at radius 2 is 1.59 bits per heavy atom. The summed E-state index contributed by atoms with van der Waals surface area (Å²) in [6.07, 6.45) is 1.72. The fourth-order valence-corrected chi connectivity index (χ4v) is 2.44. The maximum atomic E-state index is 11.8. The van der Waals surface area contributed by atoms with Crippen LogP contribution in [0.3, 0.4) is 0 Å². The lowest BCUT2D eigenvalue weighted by atomic mass is 9.96. The summed E-state index contributed by atoms with van der Waals surface area (Å²) in [4.78, 5) is 16.1. The van der Waals surface area contributed by atoms with Gasteiger partial charge < -0.3 is 14.2 Å². The molecule has 1 aromatic carbocycles. The highest BCUT2D eigenvalue weighted by Crippen LogP contribution is 2.31. The molecule has 0 spiro atoms. The molecule has 0 fully saturated rings. The first-order valence-electron chi connectivity index (χ1n) is 6.79. The lowest BCUT2D eigenvalue weighted by Gasteiger charge is -2.12. The number of pyridine rings is 1. The van der Waals surface area contributed by atoms with E-state index in [2.05, 4.69) is 4.98 Å². The largest absolute Gasteiger partial charge is 0.491 e. The number of ether oxygens (including phenoxy) is 3. The Bertz CT molecular complexity index is 687. The van der Waals surface area contributed by atoms with Gasteiger partial charge in [0.05, 0.1) is 26.9 Å². The van der Waals surface area contributed by atoms with Gasteiger partial charge in [-0.15, -0.1) is 0 Å². The number of hydrogen-bond donors (Lipinski definition) is 0. The minimum atomic E-state index is -0.327. The fourth-order valence-electron chi connectivity index (χ4n) is 2.44. The SMILES string of the molecule is COC(=O)c1c(C)cc(-c2cnc(OC)c(OC)c2)cc1C. The van der Waals surface area contributed by atoms with Crippen LogP contribution in [-0.4, -0.2) is 32.3 Å². The lowest BCUT2D eigenvalue weighted by Crippen LogP contribution is -2.06. The third-order valence-corrected chi connectivity index (χ3v) is 3.49. The molecule has 2 aromatic rings. The minimum Gasteiger partial charge on any atom is -0.491 e. The Morgan fingerprint density at radius 1 is 0.955 bits per heavy atom. The number of rotatable bonds is 4. The fraction of sp³-hybridized carbons (Fsp3) is 0.294. The molecule has 0 amide bonds. The predicted octanol–water partition coefficient (Wildman–Crippen LogP) is 3.17. The summed E-state index contributed by atoms with van der Waals surface area (Å²) in [5.74, 6) is 0.671. The third kappa shape index (κ3) is 2.88. The van der Waals surface area contributed by atoms with E-state index in [9.17, 15) is 4.79 Å². The minimum absolute atomic E-state index is 0.327. The number of carbonyl (C=O) groups is 1. The standard InChI is InChI=1S/C17H19NO4/c1-10-6-12(7-11(2)15(10)17(19)22-5)13-8-14(20-3)16(21-4)18-9-13/h6-9H,1-5H3. The molecule has 0 radical (unpaired) electrons. The number of aromatic nitrogens is 1. The van der Waals surface area contributed by atoms with Crippen molar-refractivity contribution >= 4 is 5.97 Å². The number of hydrogen-bond acceptors (Lipinski definition) is 5. The Hall–Kier alpha value is -2.56. The van der Waals surface area contributed by atoms with Crippen LogP contribution in [0.4, 0.5) is 0 Å². The summed E-state index contributed by atoms with van der Waals surface area (Å²) in [6, 6.07) is 5.72. The van der Waals surface area contributed by atoms with E-state index < -0.39 is 0 Å². The van der Waals surface area contributed by atoms with E-state index in [1.54, 1.807) is 20.4 Å². The van der Waals surface area contributed by atoms with Gasteiger partial charge in [0.25, 0.3) is 5.88 Å². The van der Waals surface area contributed by atoms with E-state index in [1.165, 1.54) is 7.11 Å². The molecule has 0 aliphatic carbocycles. The maximum Gasteiger partial charge on any atom is 0.338 e. The molecule has 5 heteroatoms. The average Bonchev–Trinajstić information content (AvgIpc) is 2.53. The van der Waals surface area contributed by atoms with Crippen LogP contribution in [0.5, 0.6) is 11.6 Å². The van der Waals surface area contributed by atoms with Crippen molar-refractivity contribution in [2.75, 3.05) is 21.3 Å². The first-order valence-corrected chi connectivity index (χ1v) is 6.79. The zero-order chi connectivity index (χ0) is 16.3. The van der Waals surface area contributed by atoms with Crippen molar-refractivity contribution < 1.29 is 19.0 Å². The molecule has 0 atom stereocenters. The number of methoxy groups -OCH3 is 3. The van der Waals surface area contributed by atoms with Gasteiger partial charge in [0.2, 0.25) is 0 Å². The topological polar surface area (TPSA) is 57.7 Å². The number of nitrogens with zero attached hydrogens (tertiary/aromatic N) is 1. The van der Waals surface area contributed by atoms with Crippen molar-refractivity contribution in [1.82, 2.24) is 4.98 Å². The third-order valence-electron chi connectivity index (χ3n) is 3.49. The Balaban J connectivity index is 2.52. The molecular weight excluding hydrogens is 282 g/mol. The van der Waals surface area contributed by atoms with Crippen LogP contribution in [0.15, 0.2) is 24.4 Å². The molecule has 0 bridgehead atoms. The predicted molar refractivity (Wildman–Crippen MR) is 83.6 cm³/mol. The summed E-state index contributed by atoms with van der Waals surface area (Å²) in [5.41, 5.74) is 4.16.